The highest BCUT2D eigenvalue weighted by Crippen LogP contribution is 2.15. The molecule has 0 saturated carbocycles. The quantitative estimate of drug-likeness (QED) is 0.687. The van der Waals surface area contributed by atoms with Crippen molar-refractivity contribution in [1.29, 1.82) is 0 Å². The topological polar surface area (TPSA) is 39.9 Å². The molecular weight excluding hydrogens is 190 g/mol. The van der Waals surface area contributed by atoms with Gasteiger partial charge in [-0.1, -0.05) is 5.21 Å². The van der Waals surface area contributed by atoms with Gasteiger partial charge >= 0.3 is 0 Å². The fraction of sp³-hybridized carbons (Fsp3) is 0.750. The van der Waals surface area contributed by atoms with Crippen LogP contribution in [0.3, 0.4) is 0 Å². The summed E-state index contributed by atoms with van der Waals surface area (Å²) in [6.45, 7) is 2.58. The van der Waals surface area contributed by atoms with Crippen molar-refractivity contribution in [2.75, 3.05) is 13.2 Å². The van der Waals surface area contributed by atoms with E-state index in [9.17, 15) is 0 Å². The highest BCUT2D eigenvalue weighted by Gasteiger charge is 2.17. The number of alkyl halides is 1. The Morgan fingerprint density at radius 2 is 2.62 bits per heavy atom. The molecule has 0 N–H and O–H groups in total. The highest BCUT2D eigenvalue weighted by atomic mass is 35.5. The first-order valence-corrected chi connectivity index (χ1v) is 4.94. The average molecular weight is 202 g/mol. The van der Waals surface area contributed by atoms with Gasteiger partial charge in [0.15, 0.2) is 0 Å². The third-order valence-electron chi connectivity index (χ3n) is 2.29. The Morgan fingerprint density at radius 3 is 3.31 bits per heavy atom. The second-order valence-electron chi connectivity index (χ2n) is 3.27. The number of ether oxygens (including phenoxy) is 1. The lowest BCUT2D eigenvalue weighted by Gasteiger charge is -2.08. The summed E-state index contributed by atoms with van der Waals surface area (Å²) in [5.74, 6) is 1.05. The predicted octanol–water partition coefficient (Wildman–Crippen LogP) is 1.05. The molecule has 13 heavy (non-hydrogen) atoms. The molecule has 1 aliphatic rings. The minimum absolute atomic E-state index is 0.473. The summed E-state index contributed by atoms with van der Waals surface area (Å²) in [6.07, 6.45) is 2.82. The van der Waals surface area contributed by atoms with Crippen LogP contribution in [-0.2, 0) is 17.2 Å². The molecule has 1 saturated heterocycles. The largest absolute Gasteiger partial charge is 0.381 e. The van der Waals surface area contributed by atoms with Gasteiger partial charge in [-0.3, -0.25) is 0 Å². The first-order chi connectivity index (χ1) is 6.40. The summed E-state index contributed by atoms with van der Waals surface area (Å²) < 4.78 is 7.15. The van der Waals surface area contributed by atoms with E-state index in [0.29, 0.717) is 11.8 Å². The average Bonchev–Trinajstić information content (AvgIpc) is 2.76. The Morgan fingerprint density at radius 1 is 1.69 bits per heavy atom. The maximum absolute atomic E-state index is 5.73. The Bertz CT molecular complexity index is 270. The second-order valence-corrected chi connectivity index (χ2v) is 3.54. The summed E-state index contributed by atoms with van der Waals surface area (Å²) in [5.41, 5.74) is 0.980. The molecule has 1 aromatic heterocycles. The van der Waals surface area contributed by atoms with Gasteiger partial charge in [0, 0.05) is 19.1 Å². The van der Waals surface area contributed by atoms with E-state index in [0.717, 1.165) is 31.9 Å². The molecule has 0 radical (unpaired) electrons. The van der Waals surface area contributed by atoms with Crippen LogP contribution in [0.5, 0.6) is 0 Å². The van der Waals surface area contributed by atoms with E-state index in [4.69, 9.17) is 16.3 Å². The van der Waals surface area contributed by atoms with Crippen LogP contribution in [0, 0.1) is 5.92 Å². The Kier molecular flexibility index (Phi) is 2.80. The standard InChI is InChI=1S/C8H12ClN3O/c9-3-8-4-10-11-12(8)5-7-1-2-13-6-7/h4,7H,1-3,5-6H2. The molecule has 0 aliphatic carbocycles. The van der Waals surface area contributed by atoms with Crippen molar-refractivity contribution in [3.8, 4) is 0 Å². The zero-order valence-electron chi connectivity index (χ0n) is 7.32. The van der Waals surface area contributed by atoms with Crippen molar-refractivity contribution in [2.45, 2.75) is 18.8 Å². The van der Waals surface area contributed by atoms with Crippen LogP contribution in [0.15, 0.2) is 6.20 Å². The SMILES string of the molecule is ClCc1cnnn1CC1CCOC1. The van der Waals surface area contributed by atoms with E-state index in [1.807, 2.05) is 4.68 Å². The van der Waals surface area contributed by atoms with Crippen LogP contribution in [0.4, 0.5) is 0 Å². The first-order valence-electron chi connectivity index (χ1n) is 4.41. The van der Waals surface area contributed by atoms with E-state index in [1.165, 1.54) is 0 Å². The number of nitrogens with zero attached hydrogens (tertiary/aromatic N) is 3. The smallest absolute Gasteiger partial charge is 0.0737 e. The summed E-state index contributed by atoms with van der Waals surface area (Å²) in [5, 5.41) is 7.80. The van der Waals surface area contributed by atoms with Gasteiger partial charge in [-0.15, -0.1) is 16.7 Å². The van der Waals surface area contributed by atoms with Crippen LogP contribution < -0.4 is 0 Å². The number of hydrogen-bond donors (Lipinski definition) is 0. The minimum Gasteiger partial charge on any atom is -0.381 e. The van der Waals surface area contributed by atoms with Crippen LogP contribution in [0.25, 0.3) is 0 Å². The molecule has 0 amide bonds. The maximum atomic E-state index is 5.73. The molecule has 2 heterocycles. The van der Waals surface area contributed by atoms with Crippen LogP contribution in [0.2, 0.25) is 0 Å². The van der Waals surface area contributed by atoms with E-state index in [1.54, 1.807) is 6.20 Å². The normalized spacial score (nSPS) is 22.4. The van der Waals surface area contributed by atoms with Crippen molar-refractivity contribution in [3.63, 3.8) is 0 Å². The second kappa shape index (κ2) is 4.07. The monoisotopic (exact) mass is 201 g/mol. The fourth-order valence-corrected chi connectivity index (χ4v) is 1.72. The summed E-state index contributed by atoms with van der Waals surface area (Å²) in [4.78, 5) is 0. The van der Waals surface area contributed by atoms with Gasteiger partial charge in [0.05, 0.1) is 24.4 Å². The van der Waals surface area contributed by atoms with E-state index >= 15 is 0 Å². The molecule has 1 aliphatic heterocycles. The van der Waals surface area contributed by atoms with Gasteiger partial charge in [-0.05, 0) is 6.42 Å². The fourth-order valence-electron chi connectivity index (χ4n) is 1.51. The predicted molar refractivity (Wildman–Crippen MR) is 48.5 cm³/mol. The number of rotatable bonds is 3. The zero-order valence-corrected chi connectivity index (χ0v) is 8.07. The van der Waals surface area contributed by atoms with Crippen LogP contribution >= 0.6 is 11.6 Å². The van der Waals surface area contributed by atoms with Crippen molar-refractivity contribution in [3.05, 3.63) is 11.9 Å². The lowest BCUT2D eigenvalue weighted by Crippen LogP contribution is -2.13. The van der Waals surface area contributed by atoms with Crippen molar-refractivity contribution in [2.24, 2.45) is 5.92 Å². The van der Waals surface area contributed by atoms with Crippen LogP contribution in [-0.4, -0.2) is 28.2 Å². The molecular formula is C8H12ClN3O. The molecule has 0 aromatic carbocycles. The summed E-state index contributed by atoms with van der Waals surface area (Å²) in [7, 11) is 0. The van der Waals surface area contributed by atoms with Gasteiger partial charge in [-0.2, -0.15) is 0 Å². The first kappa shape index (κ1) is 8.97. The highest BCUT2D eigenvalue weighted by molar-refractivity contribution is 6.16. The van der Waals surface area contributed by atoms with E-state index < -0.39 is 0 Å². The summed E-state index contributed by atoms with van der Waals surface area (Å²) >= 11 is 5.73. The van der Waals surface area contributed by atoms with Crippen molar-refractivity contribution >= 4 is 11.6 Å². The molecule has 2 rings (SSSR count). The number of halogens is 1. The molecule has 1 aromatic rings. The number of hydrogen-bond acceptors (Lipinski definition) is 3. The molecule has 72 valence electrons. The van der Waals surface area contributed by atoms with Gasteiger partial charge < -0.3 is 4.74 Å². The summed E-state index contributed by atoms with van der Waals surface area (Å²) in [6, 6.07) is 0. The molecule has 0 bridgehead atoms. The van der Waals surface area contributed by atoms with E-state index in [2.05, 4.69) is 10.3 Å². The zero-order chi connectivity index (χ0) is 9.10. The molecule has 1 atom stereocenters. The molecule has 5 heteroatoms. The van der Waals surface area contributed by atoms with Crippen molar-refractivity contribution < 1.29 is 4.74 Å². The molecule has 1 fully saturated rings. The van der Waals surface area contributed by atoms with E-state index in [-0.39, 0.29) is 0 Å². The third kappa shape index (κ3) is 2.00. The molecule has 0 spiro atoms. The minimum atomic E-state index is 0.473. The molecule has 4 nitrogen and oxygen atoms in total. The Hall–Kier alpha value is -0.610. The van der Waals surface area contributed by atoms with Crippen LogP contribution in [0.1, 0.15) is 12.1 Å². The Labute approximate surface area is 81.8 Å². The van der Waals surface area contributed by atoms with Gasteiger partial charge in [0.25, 0.3) is 0 Å². The molecule has 1 unspecified atom stereocenters. The van der Waals surface area contributed by atoms with Gasteiger partial charge in [-0.25, -0.2) is 4.68 Å². The lowest BCUT2D eigenvalue weighted by atomic mass is 10.1. The Balaban J connectivity index is 1.99. The van der Waals surface area contributed by atoms with Gasteiger partial charge in [0.1, 0.15) is 0 Å². The number of aromatic nitrogens is 3. The van der Waals surface area contributed by atoms with Gasteiger partial charge in [0.2, 0.25) is 0 Å². The maximum Gasteiger partial charge on any atom is 0.0737 e. The van der Waals surface area contributed by atoms with Crippen molar-refractivity contribution in [1.82, 2.24) is 15.0 Å². The third-order valence-corrected chi connectivity index (χ3v) is 2.56. The lowest BCUT2D eigenvalue weighted by molar-refractivity contribution is 0.181.